The topological polar surface area (TPSA) is 0 Å². The standard InChI is InChI=1S/C31H26/c1-19-13-20(2)15-24(14-19)22-11-9-21-10-12-23-17-28-25-7-5-6-8-29(25)31(3,4)30(28)18-27(23)26(21)16-22/h5-18H,1-4H3. The van der Waals surface area contributed by atoms with Crippen molar-refractivity contribution >= 4 is 21.5 Å². The van der Waals surface area contributed by atoms with Crippen LogP contribution in [0.15, 0.2) is 84.9 Å². The third kappa shape index (κ3) is 2.68. The minimum absolute atomic E-state index is 0.0214. The highest BCUT2D eigenvalue weighted by Gasteiger charge is 2.35. The molecule has 5 aromatic carbocycles. The lowest BCUT2D eigenvalue weighted by atomic mass is 9.81. The summed E-state index contributed by atoms with van der Waals surface area (Å²) in [6.45, 7) is 9.07. The van der Waals surface area contributed by atoms with E-state index in [4.69, 9.17) is 0 Å². The maximum atomic E-state index is 2.46. The van der Waals surface area contributed by atoms with Gasteiger partial charge in [-0.25, -0.2) is 0 Å². The van der Waals surface area contributed by atoms with Crippen LogP contribution in [0.2, 0.25) is 0 Å². The lowest BCUT2D eigenvalue weighted by Gasteiger charge is -2.22. The van der Waals surface area contributed by atoms with Crippen molar-refractivity contribution in [1.82, 2.24) is 0 Å². The highest BCUT2D eigenvalue weighted by molar-refractivity contribution is 6.10. The van der Waals surface area contributed by atoms with Crippen molar-refractivity contribution in [2.75, 3.05) is 0 Å². The summed E-state index contributed by atoms with van der Waals surface area (Å²) >= 11 is 0. The molecule has 0 fully saturated rings. The van der Waals surface area contributed by atoms with E-state index in [0.717, 1.165) is 0 Å². The van der Waals surface area contributed by atoms with Crippen molar-refractivity contribution in [3.8, 4) is 22.3 Å². The third-order valence-electron chi connectivity index (χ3n) is 7.09. The highest BCUT2D eigenvalue weighted by atomic mass is 14.4. The van der Waals surface area contributed by atoms with Gasteiger partial charge in [0.15, 0.2) is 0 Å². The van der Waals surface area contributed by atoms with Crippen molar-refractivity contribution in [3.63, 3.8) is 0 Å². The molecule has 0 bridgehead atoms. The van der Waals surface area contributed by atoms with Gasteiger partial charge in [-0.2, -0.15) is 0 Å². The molecule has 6 rings (SSSR count). The van der Waals surface area contributed by atoms with E-state index in [2.05, 4.69) is 113 Å². The summed E-state index contributed by atoms with van der Waals surface area (Å²) in [7, 11) is 0. The van der Waals surface area contributed by atoms with Crippen LogP contribution < -0.4 is 0 Å². The van der Waals surface area contributed by atoms with E-state index in [1.165, 1.54) is 66.1 Å². The molecule has 31 heavy (non-hydrogen) atoms. The summed E-state index contributed by atoms with van der Waals surface area (Å²) in [5.74, 6) is 0. The zero-order chi connectivity index (χ0) is 21.3. The van der Waals surface area contributed by atoms with Crippen LogP contribution in [-0.2, 0) is 5.41 Å². The zero-order valence-corrected chi connectivity index (χ0v) is 18.6. The van der Waals surface area contributed by atoms with E-state index >= 15 is 0 Å². The summed E-state index contributed by atoms with van der Waals surface area (Å²) < 4.78 is 0. The zero-order valence-electron chi connectivity index (χ0n) is 18.6. The molecule has 0 unspecified atom stereocenters. The van der Waals surface area contributed by atoms with Gasteiger partial charge in [0, 0.05) is 5.41 Å². The van der Waals surface area contributed by atoms with Gasteiger partial charge in [-0.15, -0.1) is 0 Å². The number of aryl methyl sites for hydroxylation is 2. The molecular formula is C31H26. The maximum absolute atomic E-state index is 2.46. The molecule has 0 N–H and O–H groups in total. The monoisotopic (exact) mass is 398 g/mol. The average Bonchev–Trinajstić information content (AvgIpc) is 2.98. The van der Waals surface area contributed by atoms with Gasteiger partial charge in [0.1, 0.15) is 0 Å². The van der Waals surface area contributed by atoms with Crippen LogP contribution >= 0.6 is 0 Å². The minimum atomic E-state index is 0.0214. The molecule has 1 aliphatic carbocycles. The second kappa shape index (κ2) is 6.31. The Morgan fingerprint density at radius 3 is 2.00 bits per heavy atom. The number of hydrogen-bond donors (Lipinski definition) is 0. The Morgan fingerprint density at radius 1 is 0.516 bits per heavy atom. The first-order valence-electron chi connectivity index (χ1n) is 11.1. The first-order chi connectivity index (χ1) is 14.9. The average molecular weight is 399 g/mol. The van der Waals surface area contributed by atoms with Gasteiger partial charge < -0.3 is 0 Å². The highest BCUT2D eigenvalue weighted by Crippen LogP contribution is 2.50. The molecular weight excluding hydrogens is 372 g/mol. The minimum Gasteiger partial charge on any atom is -0.0619 e. The van der Waals surface area contributed by atoms with Crippen LogP contribution in [0.3, 0.4) is 0 Å². The summed E-state index contributed by atoms with van der Waals surface area (Å²) in [6, 6.07) is 32.0. The maximum Gasteiger partial charge on any atom is 0.0159 e. The van der Waals surface area contributed by atoms with Crippen LogP contribution in [0, 0.1) is 13.8 Å². The molecule has 0 aromatic heterocycles. The van der Waals surface area contributed by atoms with Gasteiger partial charge in [-0.05, 0) is 87.0 Å². The third-order valence-corrected chi connectivity index (χ3v) is 7.09. The van der Waals surface area contributed by atoms with Gasteiger partial charge in [0.05, 0.1) is 0 Å². The quantitative estimate of drug-likeness (QED) is 0.248. The Labute approximate surface area is 184 Å². The molecule has 0 saturated heterocycles. The van der Waals surface area contributed by atoms with E-state index in [-0.39, 0.29) is 5.41 Å². The molecule has 0 heterocycles. The van der Waals surface area contributed by atoms with Crippen LogP contribution in [0.1, 0.15) is 36.1 Å². The first kappa shape index (κ1) is 18.4. The van der Waals surface area contributed by atoms with E-state index in [9.17, 15) is 0 Å². The Kier molecular flexibility index (Phi) is 3.74. The Morgan fingerprint density at radius 2 is 1.19 bits per heavy atom. The molecule has 0 heteroatoms. The SMILES string of the molecule is Cc1cc(C)cc(-c2ccc3ccc4cc5c(cc4c3c2)C(C)(C)c2ccccc2-5)c1. The second-order valence-corrected chi connectivity index (χ2v) is 9.67. The predicted octanol–water partition coefficient (Wildman–Crippen LogP) is 8.58. The Hall–Kier alpha value is -3.38. The van der Waals surface area contributed by atoms with Gasteiger partial charge in [0.2, 0.25) is 0 Å². The molecule has 0 aliphatic heterocycles. The van der Waals surface area contributed by atoms with Crippen LogP contribution in [0.5, 0.6) is 0 Å². The van der Waals surface area contributed by atoms with Gasteiger partial charge in [-0.3, -0.25) is 0 Å². The van der Waals surface area contributed by atoms with Crippen molar-refractivity contribution in [2.24, 2.45) is 0 Å². The summed E-state index contributed by atoms with van der Waals surface area (Å²) in [6.07, 6.45) is 0. The van der Waals surface area contributed by atoms with Crippen molar-refractivity contribution in [3.05, 3.63) is 107 Å². The second-order valence-electron chi connectivity index (χ2n) is 9.67. The molecule has 5 aromatic rings. The molecule has 150 valence electrons. The van der Waals surface area contributed by atoms with Crippen LogP contribution in [0.25, 0.3) is 43.8 Å². The Bertz CT molecular complexity index is 1490. The summed E-state index contributed by atoms with van der Waals surface area (Å²) in [5.41, 5.74) is 10.9. The van der Waals surface area contributed by atoms with Crippen molar-refractivity contribution in [1.29, 1.82) is 0 Å². The predicted molar refractivity (Wildman–Crippen MR) is 134 cm³/mol. The number of rotatable bonds is 1. The molecule has 0 saturated carbocycles. The molecule has 0 atom stereocenters. The van der Waals surface area contributed by atoms with E-state index < -0.39 is 0 Å². The molecule has 0 amide bonds. The first-order valence-corrected chi connectivity index (χ1v) is 11.1. The number of fused-ring (bicyclic) bond motifs is 6. The van der Waals surface area contributed by atoms with Gasteiger partial charge in [0.25, 0.3) is 0 Å². The summed E-state index contributed by atoms with van der Waals surface area (Å²) in [4.78, 5) is 0. The molecule has 1 aliphatic rings. The Balaban J connectivity index is 1.64. The normalized spacial score (nSPS) is 14.1. The smallest absolute Gasteiger partial charge is 0.0159 e. The van der Waals surface area contributed by atoms with E-state index in [0.29, 0.717) is 0 Å². The fraction of sp³-hybridized carbons (Fsp3) is 0.161. The van der Waals surface area contributed by atoms with Gasteiger partial charge >= 0.3 is 0 Å². The van der Waals surface area contributed by atoms with Crippen molar-refractivity contribution < 1.29 is 0 Å². The van der Waals surface area contributed by atoms with Gasteiger partial charge in [-0.1, -0.05) is 91.7 Å². The number of benzene rings is 5. The number of hydrogen-bond acceptors (Lipinski definition) is 0. The van der Waals surface area contributed by atoms with E-state index in [1.54, 1.807) is 0 Å². The fourth-order valence-electron chi connectivity index (χ4n) is 5.57. The summed E-state index contributed by atoms with van der Waals surface area (Å²) in [5, 5.41) is 5.30. The van der Waals surface area contributed by atoms with Crippen LogP contribution in [0.4, 0.5) is 0 Å². The molecule has 0 spiro atoms. The molecule has 0 radical (unpaired) electrons. The lowest BCUT2D eigenvalue weighted by Crippen LogP contribution is -2.14. The largest absolute Gasteiger partial charge is 0.0619 e. The van der Waals surface area contributed by atoms with Crippen LogP contribution in [-0.4, -0.2) is 0 Å². The fourth-order valence-corrected chi connectivity index (χ4v) is 5.57. The van der Waals surface area contributed by atoms with E-state index in [1.807, 2.05) is 0 Å². The lowest BCUT2D eigenvalue weighted by molar-refractivity contribution is 0.661. The van der Waals surface area contributed by atoms with Crippen molar-refractivity contribution in [2.45, 2.75) is 33.1 Å². The molecule has 0 nitrogen and oxygen atoms in total.